The molecular formula is C64H127N3O3. The Morgan fingerprint density at radius 3 is 0.900 bits per heavy atom. The summed E-state index contributed by atoms with van der Waals surface area (Å²) in [6, 6.07) is 0.623. The topological polar surface area (TPSA) is 64.1 Å². The lowest BCUT2D eigenvalue weighted by molar-refractivity contribution is -0.132. The van der Waals surface area contributed by atoms with Crippen LogP contribution in [-0.4, -0.2) is 83.5 Å². The van der Waals surface area contributed by atoms with E-state index in [0.29, 0.717) is 30.4 Å². The van der Waals surface area contributed by atoms with Crippen LogP contribution in [-0.2, 0) is 9.59 Å². The summed E-state index contributed by atoms with van der Waals surface area (Å²) in [4.78, 5) is 34.4. The van der Waals surface area contributed by atoms with E-state index in [1.165, 1.54) is 296 Å². The van der Waals surface area contributed by atoms with Gasteiger partial charge in [0.05, 0.1) is 0 Å². The van der Waals surface area contributed by atoms with Crippen molar-refractivity contribution < 1.29 is 14.7 Å². The van der Waals surface area contributed by atoms with E-state index in [4.69, 9.17) is 0 Å². The highest BCUT2D eigenvalue weighted by Crippen LogP contribution is 2.31. The number of amides is 2. The van der Waals surface area contributed by atoms with E-state index >= 15 is 0 Å². The molecule has 0 aliphatic heterocycles. The minimum absolute atomic E-state index is 0.317. The highest BCUT2D eigenvalue weighted by molar-refractivity contribution is 5.76. The molecule has 0 heterocycles. The second kappa shape index (κ2) is 52.7. The van der Waals surface area contributed by atoms with Gasteiger partial charge in [-0.2, -0.15) is 0 Å². The number of hydrogen-bond acceptors (Lipinski definition) is 4. The zero-order chi connectivity index (χ0) is 50.6. The summed E-state index contributed by atoms with van der Waals surface area (Å²) < 4.78 is 0. The molecule has 70 heavy (non-hydrogen) atoms. The van der Waals surface area contributed by atoms with Crippen molar-refractivity contribution >= 4 is 11.8 Å². The molecule has 1 aliphatic rings. The fourth-order valence-corrected chi connectivity index (χ4v) is 11.6. The molecule has 6 heteroatoms. The maximum atomic E-state index is 13.5. The van der Waals surface area contributed by atoms with Crippen LogP contribution in [0.1, 0.15) is 342 Å². The van der Waals surface area contributed by atoms with Gasteiger partial charge >= 0.3 is 0 Å². The SMILES string of the molecule is CCCCCCCCCCN(CCCCCCCCCC)C(=O)CCCCCCCN(CCCCCCCC(=O)N(CCCCCCCCCC)CCCCCCCCCC)[C@@H]1CCCC[C@H]1CCO. The minimum Gasteiger partial charge on any atom is -0.396 e. The quantitative estimate of drug-likeness (QED) is 0.0617. The highest BCUT2D eigenvalue weighted by Gasteiger charge is 2.29. The average molecular weight is 987 g/mol. The van der Waals surface area contributed by atoms with Gasteiger partial charge in [-0.3, -0.25) is 9.59 Å². The predicted molar refractivity (Wildman–Crippen MR) is 308 cm³/mol. The molecule has 1 fully saturated rings. The first-order valence-electron chi connectivity index (χ1n) is 32.4. The molecule has 6 nitrogen and oxygen atoms in total. The van der Waals surface area contributed by atoms with Crippen LogP contribution in [0.15, 0.2) is 0 Å². The van der Waals surface area contributed by atoms with E-state index in [9.17, 15) is 14.7 Å². The van der Waals surface area contributed by atoms with Gasteiger partial charge in [-0.15, -0.1) is 0 Å². The monoisotopic (exact) mass is 986 g/mol. The van der Waals surface area contributed by atoms with Crippen LogP contribution in [0.3, 0.4) is 0 Å². The molecule has 0 spiro atoms. The van der Waals surface area contributed by atoms with Gasteiger partial charge in [-0.1, -0.05) is 259 Å². The standard InChI is InChI=1S/C64H127N3O3/c1-5-9-13-17-21-25-33-45-56-66(57-46-34-26-22-18-14-10-6-2)63(69)51-39-31-29-37-43-54-65(62-50-42-41-49-61(62)53-60-68)55-44-38-30-32-40-52-64(70)67(58-47-35-27-23-19-15-11-7-3)59-48-36-28-24-20-16-12-8-4/h61-62,68H,5-60H2,1-4H3/t61-,62+/m0/s1. The van der Waals surface area contributed by atoms with Gasteiger partial charge in [0.2, 0.25) is 11.8 Å². The molecule has 0 aromatic rings. The molecule has 0 aromatic carbocycles. The van der Waals surface area contributed by atoms with Crippen LogP contribution in [0.25, 0.3) is 0 Å². The van der Waals surface area contributed by atoms with Crippen molar-refractivity contribution in [2.24, 2.45) is 5.92 Å². The Bertz CT molecular complexity index is 974. The maximum Gasteiger partial charge on any atom is 0.222 e. The molecule has 1 rings (SSSR count). The van der Waals surface area contributed by atoms with Crippen LogP contribution in [0, 0.1) is 5.92 Å². The highest BCUT2D eigenvalue weighted by atomic mass is 16.3. The summed E-state index contributed by atoms with van der Waals surface area (Å²) in [6.45, 7) is 15.7. The Morgan fingerprint density at radius 2 is 0.600 bits per heavy atom. The molecule has 0 aromatic heterocycles. The van der Waals surface area contributed by atoms with E-state index in [2.05, 4.69) is 42.4 Å². The molecular weight excluding hydrogens is 859 g/mol. The Kier molecular flexibility index (Phi) is 50.4. The average Bonchev–Trinajstić information content (AvgIpc) is 3.37. The normalized spacial score (nSPS) is 15.1. The molecule has 0 saturated heterocycles. The van der Waals surface area contributed by atoms with Crippen molar-refractivity contribution in [2.45, 2.75) is 348 Å². The van der Waals surface area contributed by atoms with E-state index < -0.39 is 0 Å². The molecule has 0 bridgehead atoms. The van der Waals surface area contributed by atoms with Crippen molar-refractivity contribution in [3.05, 3.63) is 0 Å². The number of aliphatic hydroxyl groups is 1. The summed E-state index contributed by atoms with van der Waals surface area (Å²) in [5.74, 6) is 1.47. The van der Waals surface area contributed by atoms with Crippen molar-refractivity contribution in [1.82, 2.24) is 14.7 Å². The van der Waals surface area contributed by atoms with Gasteiger partial charge in [0.25, 0.3) is 0 Å². The fourth-order valence-electron chi connectivity index (χ4n) is 11.6. The first-order valence-corrected chi connectivity index (χ1v) is 32.4. The summed E-state index contributed by atoms with van der Waals surface area (Å²) in [5, 5.41) is 9.97. The Hall–Kier alpha value is -1.14. The first-order chi connectivity index (χ1) is 34.5. The minimum atomic E-state index is 0.317. The summed E-state index contributed by atoms with van der Waals surface area (Å²) in [5.41, 5.74) is 0. The number of carbonyl (C=O) groups is 2. The maximum absolute atomic E-state index is 13.5. The van der Waals surface area contributed by atoms with E-state index in [1.54, 1.807) is 0 Å². The van der Waals surface area contributed by atoms with Crippen LogP contribution in [0.4, 0.5) is 0 Å². The molecule has 1 N–H and O–H groups in total. The number of aliphatic hydroxyl groups excluding tert-OH is 1. The Morgan fingerprint density at radius 1 is 0.343 bits per heavy atom. The molecule has 2 amide bonds. The number of rotatable bonds is 55. The third kappa shape index (κ3) is 40.3. The first kappa shape index (κ1) is 66.9. The van der Waals surface area contributed by atoms with E-state index in [0.717, 1.165) is 58.3 Å². The number of carbonyl (C=O) groups excluding carboxylic acids is 2. The van der Waals surface area contributed by atoms with Crippen molar-refractivity contribution in [3.8, 4) is 0 Å². The largest absolute Gasteiger partial charge is 0.396 e. The lowest BCUT2D eigenvalue weighted by atomic mass is 9.81. The van der Waals surface area contributed by atoms with Crippen molar-refractivity contribution in [1.29, 1.82) is 0 Å². The molecule has 1 saturated carbocycles. The van der Waals surface area contributed by atoms with E-state index in [1.807, 2.05) is 0 Å². The molecule has 416 valence electrons. The van der Waals surface area contributed by atoms with Crippen LogP contribution in [0.2, 0.25) is 0 Å². The Balaban J connectivity index is 2.53. The van der Waals surface area contributed by atoms with Crippen LogP contribution in [0.5, 0.6) is 0 Å². The molecule has 1 aliphatic carbocycles. The van der Waals surface area contributed by atoms with E-state index in [-0.39, 0.29) is 0 Å². The van der Waals surface area contributed by atoms with Gasteiger partial charge in [0, 0.05) is 51.7 Å². The van der Waals surface area contributed by atoms with Gasteiger partial charge in [-0.25, -0.2) is 0 Å². The number of unbranched alkanes of at least 4 members (excludes halogenated alkanes) is 36. The van der Waals surface area contributed by atoms with Gasteiger partial charge in [0.15, 0.2) is 0 Å². The third-order valence-corrected chi connectivity index (χ3v) is 16.3. The second-order valence-electron chi connectivity index (χ2n) is 22.9. The van der Waals surface area contributed by atoms with Crippen LogP contribution >= 0.6 is 0 Å². The lowest BCUT2D eigenvalue weighted by Crippen LogP contribution is -2.44. The van der Waals surface area contributed by atoms with Crippen LogP contribution < -0.4 is 0 Å². The summed E-state index contributed by atoms with van der Waals surface area (Å²) >= 11 is 0. The molecule has 2 atom stereocenters. The smallest absolute Gasteiger partial charge is 0.222 e. The predicted octanol–water partition coefficient (Wildman–Crippen LogP) is 19.1. The van der Waals surface area contributed by atoms with Gasteiger partial charge in [-0.05, 0) is 89.6 Å². The van der Waals surface area contributed by atoms with Crippen molar-refractivity contribution in [2.75, 3.05) is 45.9 Å². The summed E-state index contributed by atoms with van der Waals surface area (Å²) in [6.07, 6.45) is 61.8. The molecule has 0 radical (unpaired) electrons. The van der Waals surface area contributed by atoms with Gasteiger partial charge in [0.1, 0.15) is 0 Å². The third-order valence-electron chi connectivity index (χ3n) is 16.3. The molecule has 0 unspecified atom stereocenters. The number of hydrogen-bond donors (Lipinski definition) is 1. The van der Waals surface area contributed by atoms with Crippen molar-refractivity contribution in [3.63, 3.8) is 0 Å². The summed E-state index contributed by atoms with van der Waals surface area (Å²) in [7, 11) is 0. The Labute approximate surface area is 439 Å². The van der Waals surface area contributed by atoms with Gasteiger partial charge < -0.3 is 19.8 Å². The second-order valence-corrected chi connectivity index (χ2v) is 22.9. The number of nitrogens with zero attached hydrogens (tertiary/aromatic N) is 3. The zero-order valence-electron chi connectivity index (χ0n) is 48.4. The fraction of sp³-hybridized carbons (Fsp3) is 0.969. The lowest BCUT2D eigenvalue weighted by Gasteiger charge is -2.40. The zero-order valence-corrected chi connectivity index (χ0v) is 48.4.